The van der Waals surface area contributed by atoms with Gasteiger partial charge in [0.05, 0.1) is 5.92 Å². The predicted molar refractivity (Wildman–Crippen MR) is 78.9 cm³/mol. The van der Waals surface area contributed by atoms with Gasteiger partial charge in [0, 0.05) is 5.02 Å². The highest BCUT2D eigenvalue weighted by molar-refractivity contribution is 6.30. The van der Waals surface area contributed by atoms with Gasteiger partial charge in [-0.2, -0.15) is 0 Å². The molecule has 0 spiro atoms. The zero-order valence-electron chi connectivity index (χ0n) is 11.9. The first-order valence-electron chi connectivity index (χ1n) is 6.60. The number of carbonyl (C=O) groups excluding carboxylic acids is 1. The summed E-state index contributed by atoms with van der Waals surface area (Å²) in [5.74, 6) is -1.56. The Labute approximate surface area is 124 Å². The van der Waals surface area contributed by atoms with E-state index in [2.05, 4.69) is 5.32 Å². The maximum absolute atomic E-state index is 12.1. The summed E-state index contributed by atoms with van der Waals surface area (Å²) >= 11 is 5.89. The molecule has 0 saturated carbocycles. The third-order valence-electron chi connectivity index (χ3n) is 3.06. The van der Waals surface area contributed by atoms with Crippen LogP contribution in [0.15, 0.2) is 24.3 Å². The molecule has 1 aromatic carbocycles. The number of aliphatic carboxylic acids is 1. The van der Waals surface area contributed by atoms with Crippen LogP contribution in [0.4, 0.5) is 0 Å². The van der Waals surface area contributed by atoms with Crippen LogP contribution in [0.25, 0.3) is 0 Å². The van der Waals surface area contributed by atoms with Gasteiger partial charge in [0.1, 0.15) is 6.04 Å². The molecule has 0 fully saturated rings. The highest BCUT2D eigenvalue weighted by Crippen LogP contribution is 2.20. The monoisotopic (exact) mass is 297 g/mol. The minimum Gasteiger partial charge on any atom is -0.480 e. The third kappa shape index (κ3) is 4.85. The zero-order chi connectivity index (χ0) is 15.3. The molecule has 5 heteroatoms. The molecule has 4 nitrogen and oxygen atoms in total. The second kappa shape index (κ2) is 7.29. The average molecular weight is 298 g/mol. The number of carboxylic acids is 1. The minimum atomic E-state index is -1.01. The summed E-state index contributed by atoms with van der Waals surface area (Å²) in [6, 6.07) is 6.15. The van der Waals surface area contributed by atoms with Gasteiger partial charge in [-0.05, 0) is 37.0 Å². The van der Waals surface area contributed by atoms with E-state index in [0.29, 0.717) is 11.4 Å². The zero-order valence-corrected chi connectivity index (χ0v) is 12.6. The molecule has 0 aliphatic rings. The van der Waals surface area contributed by atoms with Crippen molar-refractivity contribution in [1.82, 2.24) is 5.32 Å². The minimum absolute atomic E-state index is 0.192. The molecule has 1 rings (SSSR count). The first-order valence-corrected chi connectivity index (χ1v) is 6.97. The summed E-state index contributed by atoms with van der Waals surface area (Å²) in [7, 11) is 0. The van der Waals surface area contributed by atoms with Crippen LogP contribution in [-0.4, -0.2) is 23.0 Å². The second-order valence-electron chi connectivity index (χ2n) is 5.31. The Balaban J connectivity index is 2.76. The Kier molecular flexibility index (Phi) is 6.02. The topological polar surface area (TPSA) is 66.4 Å². The molecular formula is C15H20ClNO3. The number of hydrogen-bond acceptors (Lipinski definition) is 2. The number of carboxylic acid groups (broad SMARTS) is 1. The van der Waals surface area contributed by atoms with Crippen LogP contribution in [-0.2, 0) is 9.59 Å². The number of rotatable bonds is 6. The summed E-state index contributed by atoms with van der Waals surface area (Å²) in [6.07, 6.45) is 0.406. The van der Waals surface area contributed by atoms with E-state index < -0.39 is 17.9 Å². The molecule has 0 bridgehead atoms. The van der Waals surface area contributed by atoms with E-state index in [1.54, 1.807) is 31.2 Å². The van der Waals surface area contributed by atoms with Gasteiger partial charge in [0.15, 0.2) is 0 Å². The molecule has 1 unspecified atom stereocenters. The predicted octanol–water partition coefficient (Wildman–Crippen LogP) is 3.06. The lowest BCUT2D eigenvalue weighted by Gasteiger charge is -2.19. The first-order chi connectivity index (χ1) is 9.31. The lowest BCUT2D eigenvalue weighted by Crippen LogP contribution is -2.43. The van der Waals surface area contributed by atoms with E-state index in [9.17, 15) is 9.59 Å². The molecule has 110 valence electrons. The highest BCUT2D eigenvalue weighted by atomic mass is 35.5. The van der Waals surface area contributed by atoms with Gasteiger partial charge in [-0.25, -0.2) is 4.79 Å². The van der Waals surface area contributed by atoms with Crippen molar-refractivity contribution in [2.75, 3.05) is 0 Å². The highest BCUT2D eigenvalue weighted by Gasteiger charge is 2.24. The normalized spacial score (nSPS) is 13.8. The summed E-state index contributed by atoms with van der Waals surface area (Å²) in [5, 5.41) is 12.3. The van der Waals surface area contributed by atoms with Gasteiger partial charge in [0.25, 0.3) is 0 Å². The molecule has 0 aliphatic carbocycles. The van der Waals surface area contributed by atoms with E-state index in [0.717, 1.165) is 5.56 Å². The van der Waals surface area contributed by atoms with E-state index in [1.165, 1.54) is 0 Å². The largest absolute Gasteiger partial charge is 0.480 e. The number of benzene rings is 1. The van der Waals surface area contributed by atoms with Crippen molar-refractivity contribution >= 4 is 23.5 Å². The van der Waals surface area contributed by atoms with Gasteiger partial charge < -0.3 is 10.4 Å². The van der Waals surface area contributed by atoms with Crippen LogP contribution in [0.5, 0.6) is 0 Å². The molecule has 1 aromatic rings. The number of nitrogens with one attached hydrogen (secondary N) is 1. The smallest absolute Gasteiger partial charge is 0.326 e. The van der Waals surface area contributed by atoms with Crippen molar-refractivity contribution in [2.45, 2.75) is 39.2 Å². The Morgan fingerprint density at radius 1 is 1.30 bits per heavy atom. The molecule has 0 radical (unpaired) electrons. The fourth-order valence-corrected chi connectivity index (χ4v) is 2.12. The lowest BCUT2D eigenvalue weighted by atomic mass is 9.98. The summed E-state index contributed by atoms with van der Waals surface area (Å²) in [6.45, 7) is 5.57. The van der Waals surface area contributed by atoms with Gasteiger partial charge in [-0.3, -0.25) is 4.79 Å². The van der Waals surface area contributed by atoms with E-state index in [1.807, 2.05) is 13.8 Å². The molecule has 2 atom stereocenters. The van der Waals surface area contributed by atoms with Crippen LogP contribution in [0.2, 0.25) is 5.02 Å². The number of halogens is 1. The molecule has 1 amide bonds. The SMILES string of the molecule is CC(C)C[C@H](NC(=O)C(C)c1cccc(Cl)c1)C(=O)O. The van der Waals surface area contributed by atoms with Gasteiger partial charge in [0.2, 0.25) is 5.91 Å². The van der Waals surface area contributed by atoms with Crippen LogP contribution in [0.3, 0.4) is 0 Å². The van der Waals surface area contributed by atoms with Crippen molar-refractivity contribution in [3.63, 3.8) is 0 Å². The van der Waals surface area contributed by atoms with Gasteiger partial charge in [-0.1, -0.05) is 37.6 Å². The maximum Gasteiger partial charge on any atom is 0.326 e. The average Bonchev–Trinajstić information content (AvgIpc) is 2.36. The van der Waals surface area contributed by atoms with Crippen molar-refractivity contribution in [1.29, 1.82) is 0 Å². The summed E-state index contributed by atoms with van der Waals surface area (Å²) in [4.78, 5) is 23.3. The van der Waals surface area contributed by atoms with E-state index in [-0.39, 0.29) is 11.8 Å². The molecule has 20 heavy (non-hydrogen) atoms. The van der Waals surface area contributed by atoms with Crippen molar-refractivity contribution in [2.24, 2.45) is 5.92 Å². The Bertz CT molecular complexity index is 488. The van der Waals surface area contributed by atoms with Crippen molar-refractivity contribution in [3.8, 4) is 0 Å². The summed E-state index contributed by atoms with van der Waals surface area (Å²) in [5.41, 5.74) is 0.767. The number of hydrogen-bond donors (Lipinski definition) is 2. The lowest BCUT2D eigenvalue weighted by molar-refractivity contribution is -0.142. The number of carbonyl (C=O) groups is 2. The standard InChI is InChI=1S/C15H20ClNO3/c1-9(2)7-13(15(19)20)17-14(18)10(3)11-5-4-6-12(16)8-11/h4-6,8-10,13H,7H2,1-3H3,(H,17,18)(H,19,20)/t10?,13-/m0/s1. The van der Waals surface area contributed by atoms with Crippen LogP contribution < -0.4 is 5.32 Å². The molecule has 0 heterocycles. The third-order valence-corrected chi connectivity index (χ3v) is 3.30. The van der Waals surface area contributed by atoms with Crippen LogP contribution in [0.1, 0.15) is 38.7 Å². The molecular weight excluding hydrogens is 278 g/mol. The maximum atomic E-state index is 12.1. The van der Waals surface area contributed by atoms with Crippen molar-refractivity contribution < 1.29 is 14.7 Å². The Morgan fingerprint density at radius 3 is 2.45 bits per heavy atom. The Hall–Kier alpha value is -1.55. The van der Waals surface area contributed by atoms with Crippen LogP contribution in [0, 0.1) is 5.92 Å². The first kappa shape index (κ1) is 16.5. The van der Waals surface area contributed by atoms with E-state index >= 15 is 0 Å². The molecule has 2 N–H and O–H groups in total. The molecule has 0 saturated heterocycles. The quantitative estimate of drug-likeness (QED) is 0.848. The van der Waals surface area contributed by atoms with Gasteiger partial charge in [-0.15, -0.1) is 0 Å². The molecule has 0 aliphatic heterocycles. The van der Waals surface area contributed by atoms with Crippen molar-refractivity contribution in [3.05, 3.63) is 34.9 Å². The van der Waals surface area contributed by atoms with E-state index in [4.69, 9.17) is 16.7 Å². The Morgan fingerprint density at radius 2 is 1.95 bits per heavy atom. The fraction of sp³-hybridized carbons (Fsp3) is 0.467. The van der Waals surface area contributed by atoms with Crippen LogP contribution >= 0.6 is 11.6 Å². The number of amides is 1. The second-order valence-corrected chi connectivity index (χ2v) is 5.74. The van der Waals surface area contributed by atoms with Gasteiger partial charge >= 0.3 is 5.97 Å². The fourth-order valence-electron chi connectivity index (χ4n) is 1.92. The summed E-state index contributed by atoms with van der Waals surface area (Å²) < 4.78 is 0. The molecule has 0 aromatic heterocycles.